The second-order valence-corrected chi connectivity index (χ2v) is 8.49. The van der Waals surface area contributed by atoms with Gasteiger partial charge in [-0.3, -0.25) is 14.1 Å². The van der Waals surface area contributed by atoms with E-state index in [0.29, 0.717) is 5.69 Å². The molecule has 1 aliphatic heterocycles. The third kappa shape index (κ3) is 3.08. The van der Waals surface area contributed by atoms with Gasteiger partial charge >= 0.3 is 0 Å². The van der Waals surface area contributed by atoms with E-state index in [-0.39, 0.29) is 10.9 Å². The van der Waals surface area contributed by atoms with Crippen LogP contribution >= 0.6 is 0 Å². The van der Waals surface area contributed by atoms with E-state index < -0.39 is 10.0 Å². The SMILES string of the molecule is CN1CCC(n2cc(S(=O)(=O)Nc3cccc4cnn(C)c34)cn2)CC1. The zero-order chi connectivity index (χ0) is 18.3. The summed E-state index contributed by atoms with van der Waals surface area (Å²) in [7, 11) is 0.172. The summed E-state index contributed by atoms with van der Waals surface area (Å²) in [6.45, 7) is 1.99. The molecule has 9 heteroatoms. The highest BCUT2D eigenvalue weighted by Gasteiger charge is 2.23. The molecule has 0 aliphatic carbocycles. The van der Waals surface area contributed by atoms with Crippen molar-refractivity contribution < 1.29 is 8.42 Å². The Morgan fingerprint density at radius 2 is 1.88 bits per heavy atom. The van der Waals surface area contributed by atoms with E-state index in [4.69, 9.17) is 0 Å². The van der Waals surface area contributed by atoms with Crippen LogP contribution in [-0.2, 0) is 17.1 Å². The molecule has 26 heavy (non-hydrogen) atoms. The van der Waals surface area contributed by atoms with E-state index in [1.807, 2.05) is 12.1 Å². The molecule has 0 bridgehead atoms. The van der Waals surface area contributed by atoms with Crippen molar-refractivity contribution in [1.82, 2.24) is 24.5 Å². The molecule has 1 aromatic carbocycles. The molecule has 3 heterocycles. The quantitative estimate of drug-likeness (QED) is 0.753. The minimum Gasteiger partial charge on any atom is -0.306 e. The molecule has 0 saturated carbocycles. The van der Waals surface area contributed by atoms with Crippen LogP contribution in [0.3, 0.4) is 0 Å². The fourth-order valence-corrected chi connectivity index (χ4v) is 4.44. The number of sulfonamides is 1. The Morgan fingerprint density at radius 3 is 2.65 bits per heavy atom. The summed E-state index contributed by atoms with van der Waals surface area (Å²) in [6, 6.07) is 5.70. The second kappa shape index (κ2) is 6.40. The summed E-state index contributed by atoms with van der Waals surface area (Å²) in [6.07, 6.45) is 6.70. The fraction of sp³-hybridized carbons (Fsp3) is 0.412. The number of hydrogen-bond donors (Lipinski definition) is 1. The molecule has 8 nitrogen and oxygen atoms in total. The fourth-order valence-electron chi connectivity index (χ4n) is 3.44. The number of para-hydroxylation sites is 1. The van der Waals surface area contributed by atoms with Crippen LogP contribution < -0.4 is 4.72 Å². The molecule has 0 radical (unpaired) electrons. The van der Waals surface area contributed by atoms with Gasteiger partial charge in [0.25, 0.3) is 10.0 Å². The van der Waals surface area contributed by atoms with Gasteiger partial charge in [0.15, 0.2) is 0 Å². The van der Waals surface area contributed by atoms with Crippen LogP contribution in [0.5, 0.6) is 0 Å². The van der Waals surface area contributed by atoms with Gasteiger partial charge in [-0.05, 0) is 39.0 Å². The molecule has 0 amide bonds. The first-order valence-corrected chi connectivity index (χ1v) is 10.1. The predicted molar refractivity (Wildman–Crippen MR) is 99.5 cm³/mol. The standard InChI is InChI=1S/C17H22N6O2S/c1-21-8-6-14(7-9-21)23-12-15(11-19-23)26(24,25)20-16-5-3-4-13-10-18-22(2)17(13)16/h3-5,10-12,14,20H,6-9H2,1-2H3. The minimum atomic E-state index is -3.71. The first-order chi connectivity index (χ1) is 12.4. The molecule has 1 aliphatic rings. The molecular formula is C17H22N6O2S. The van der Waals surface area contributed by atoms with Gasteiger partial charge < -0.3 is 4.90 Å². The Kier molecular flexibility index (Phi) is 4.20. The van der Waals surface area contributed by atoms with Gasteiger partial charge in [0.05, 0.1) is 29.6 Å². The number of likely N-dealkylation sites (tertiary alicyclic amines) is 1. The molecule has 0 unspecified atom stereocenters. The average molecular weight is 374 g/mol. The number of nitrogens with zero attached hydrogens (tertiary/aromatic N) is 5. The lowest BCUT2D eigenvalue weighted by atomic mass is 10.1. The Labute approximate surface area is 152 Å². The van der Waals surface area contributed by atoms with Crippen LogP contribution in [0.1, 0.15) is 18.9 Å². The van der Waals surface area contributed by atoms with Crippen molar-refractivity contribution in [2.45, 2.75) is 23.8 Å². The van der Waals surface area contributed by atoms with Crippen molar-refractivity contribution in [2.24, 2.45) is 7.05 Å². The van der Waals surface area contributed by atoms with Crippen molar-refractivity contribution in [3.8, 4) is 0 Å². The number of anilines is 1. The van der Waals surface area contributed by atoms with Crippen molar-refractivity contribution in [3.05, 3.63) is 36.8 Å². The van der Waals surface area contributed by atoms with Crippen LogP contribution in [0.2, 0.25) is 0 Å². The van der Waals surface area contributed by atoms with Crippen molar-refractivity contribution in [2.75, 3.05) is 24.9 Å². The number of hydrogen-bond acceptors (Lipinski definition) is 5. The third-order valence-corrected chi connectivity index (χ3v) is 6.28. The van der Waals surface area contributed by atoms with Crippen LogP contribution in [0.15, 0.2) is 41.7 Å². The Morgan fingerprint density at radius 1 is 1.12 bits per heavy atom. The van der Waals surface area contributed by atoms with Gasteiger partial charge in [-0.2, -0.15) is 10.2 Å². The number of aryl methyl sites for hydroxylation is 1. The number of nitrogens with one attached hydrogen (secondary N) is 1. The van der Waals surface area contributed by atoms with Crippen molar-refractivity contribution >= 4 is 26.6 Å². The predicted octanol–water partition coefficient (Wildman–Crippen LogP) is 1.84. The van der Waals surface area contributed by atoms with Crippen LogP contribution in [-0.4, -0.2) is 53.0 Å². The lowest BCUT2D eigenvalue weighted by Gasteiger charge is -2.28. The Bertz CT molecular complexity index is 1030. The third-order valence-electron chi connectivity index (χ3n) is 4.96. The average Bonchev–Trinajstić information content (AvgIpc) is 3.24. The van der Waals surface area contributed by atoms with Gasteiger partial charge in [0, 0.05) is 18.6 Å². The summed E-state index contributed by atoms with van der Waals surface area (Å²) in [5.74, 6) is 0. The molecule has 3 aromatic rings. The normalized spacial score (nSPS) is 17.0. The number of rotatable bonds is 4. The number of piperidine rings is 1. The molecule has 0 atom stereocenters. The second-order valence-electron chi connectivity index (χ2n) is 6.81. The summed E-state index contributed by atoms with van der Waals surface area (Å²) < 4.78 is 31.8. The zero-order valence-corrected chi connectivity index (χ0v) is 15.6. The maximum atomic E-state index is 12.8. The lowest BCUT2D eigenvalue weighted by Crippen LogP contribution is -2.31. The molecule has 4 rings (SSSR count). The van der Waals surface area contributed by atoms with E-state index >= 15 is 0 Å². The lowest BCUT2D eigenvalue weighted by molar-refractivity contribution is 0.212. The summed E-state index contributed by atoms with van der Waals surface area (Å²) in [5.41, 5.74) is 1.26. The van der Waals surface area contributed by atoms with E-state index in [0.717, 1.165) is 36.8 Å². The summed E-state index contributed by atoms with van der Waals surface area (Å²) in [5, 5.41) is 9.38. The van der Waals surface area contributed by atoms with Gasteiger partial charge in [-0.25, -0.2) is 8.42 Å². The number of fused-ring (bicyclic) bond motifs is 1. The first kappa shape index (κ1) is 17.0. The van der Waals surface area contributed by atoms with E-state index in [9.17, 15) is 8.42 Å². The summed E-state index contributed by atoms with van der Waals surface area (Å²) >= 11 is 0. The Hall–Kier alpha value is -2.39. The zero-order valence-electron chi connectivity index (χ0n) is 14.8. The Balaban J connectivity index is 1.60. The molecule has 2 aromatic heterocycles. The molecule has 1 fully saturated rings. The van der Waals surface area contributed by atoms with E-state index in [2.05, 4.69) is 26.9 Å². The maximum Gasteiger partial charge on any atom is 0.265 e. The van der Waals surface area contributed by atoms with Crippen LogP contribution in [0, 0.1) is 0 Å². The van der Waals surface area contributed by atoms with E-state index in [1.54, 1.807) is 34.9 Å². The topological polar surface area (TPSA) is 85.0 Å². The number of benzene rings is 1. The summed E-state index contributed by atoms with van der Waals surface area (Å²) in [4.78, 5) is 2.45. The monoisotopic (exact) mass is 374 g/mol. The highest BCUT2D eigenvalue weighted by molar-refractivity contribution is 7.92. The van der Waals surface area contributed by atoms with Crippen molar-refractivity contribution in [1.29, 1.82) is 0 Å². The first-order valence-electron chi connectivity index (χ1n) is 8.60. The van der Waals surface area contributed by atoms with Crippen molar-refractivity contribution in [3.63, 3.8) is 0 Å². The van der Waals surface area contributed by atoms with Gasteiger partial charge in [0.1, 0.15) is 4.90 Å². The molecule has 138 valence electrons. The molecule has 1 N–H and O–H groups in total. The van der Waals surface area contributed by atoms with Crippen LogP contribution in [0.25, 0.3) is 10.9 Å². The van der Waals surface area contributed by atoms with Gasteiger partial charge in [-0.15, -0.1) is 0 Å². The molecule has 1 saturated heterocycles. The molecular weight excluding hydrogens is 352 g/mol. The van der Waals surface area contributed by atoms with E-state index in [1.165, 1.54) is 6.20 Å². The highest BCUT2D eigenvalue weighted by Crippen LogP contribution is 2.26. The smallest absolute Gasteiger partial charge is 0.265 e. The molecule has 0 spiro atoms. The van der Waals surface area contributed by atoms with Crippen LogP contribution in [0.4, 0.5) is 5.69 Å². The number of aromatic nitrogens is 4. The highest BCUT2D eigenvalue weighted by atomic mass is 32.2. The van der Waals surface area contributed by atoms with Gasteiger partial charge in [0.2, 0.25) is 0 Å². The van der Waals surface area contributed by atoms with Gasteiger partial charge in [-0.1, -0.05) is 12.1 Å². The minimum absolute atomic E-state index is 0.176. The largest absolute Gasteiger partial charge is 0.306 e. The maximum absolute atomic E-state index is 12.8.